The Morgan fingerprint density at radius 3 is 2.40 bits per heavy atom. The number of nitrogens with zero attached hydrogens (tertiary/aromatic N) is 2. The first-order valence-corrected chi connectivity index (χ1v) is 9.72. The van der Waals surface area contributed by atoms with Gasteiger partial charge in [-0.3, -0.25) is 0 Å². The zero-order valence-electron chi connectivity index (χ0n) is 18.2. The Balaban J connectivity index is 2.17. The number of anilines is 1. The number of hydrogen-bond donors (Lipinski definition) is 2. The van der Waals surface area contributed by atoms with Crippen molar-refractivity contribution in [3.8, 4) is 5.88 Å². The number of benzene rings is 1. The normalized spacial score (nSPS) is 11.8. The zero-order chi connectivity index (χ0) is 22.5. The molecular weight excluding hydrogens is 390 g/mol. The first kappa shape index (κ1) is 23.2. The fourth-order valence-corrected chi connectivity index (χ4v) is 2.45. The van der Waals surface area contributed by atoms with Crippen molar-refractivity contribution in [2.24, 2.45) is 0 Å². The SMILES string of the molecule is CCc1nc(OCCOC(=O)OC(C)(C)C)c2cc(NC(C)(C)C(=O)O)ccc2n1. The first-order valence-electron chi connectivity index (χ1n) is 9.72. The van der Waals surface area contributed by atoms with E-state index in [4.69, 9.17) is 14.2 Å². The Morgan fingerprint density at radius 1 is 1.10 bits per heavy atom. The van der Waals surface area contributed by atoms with Gasteiger partial charge in [-0.1, -0.05) is 6.92 Å². The molecule has 0 bridgehead atoms. The molecule has 9 heteroatoms. The largest absolute Gasteiger partial charge is 0.508 e. The van der Waals surface area contributed by atoms with E-state index in [0.29, 0.717) is 34.7 Å². The van der Waals surface area contributed by atoms with Crippen molar-refractivity contribution in [3.63, 3.8) is 0 Å². The van der Waals surface area contributed by atoms with Crippen LogP contribution in [0.3, 0.4) is 0 Å². The molecule has 0 spiro atoms. The average Bonchev–Trinajstić information content (AvgIpc) is 2.63. The van der Waals surface area contributed by atoms with E-state index in [1.807, 2.05) is 6.92 Å². The van der Waals surface area contributed by atoms with Gasteiger partial charge in [-0.15, -0.1) is 0 Å². The molecule has 164 valence electrons. The molecule has 30 heavy (non-hydrogen) atoms. The monoisotopic (exact) mass is 419 g/mol. The van der Waals surface area contributed by atoms with Gasteiger partial charge in [0.2, 0.25) is 5.88 Å². The summed E-state index contributed by atoms with van der Waals surface area (Å²) in [5.74, 6) is -0.0329. The fourth-order valence-electron chi connectivity index (χ4n) is 2.45. The quantitative estimate of drug-likeness (QED) is 0.486. The van der Waals surface area contributed by atoms with E-state index in [9.17, 15) is 14.7 Å². The van der Waals surface area contributed by atoms with E-state index < -0.39 is 23.3 Å². The number of carboxylic acid groups (broad SMARTS) is 1. The van der Waals surface area contributed by atoms with Crippen molar-refractivity contribution in [1.82, 2.24) is 9.97 Å². The van der Waals surface area contributed by atoms with Gasteiger partial charge in [-0.25, -0.2) is 14.6 Å². The summed E-state index contributed by atoms with van der Waals surface area (Å²) in [6.07, 6.45) is -0.150. The Kier molecular flexibility index (Phi) is 7.07. The summed E-state index contributed by atoms with van der Waals surface area (Å²) in [7, 11) is 0. The topological polar surface area (TPSA) is 120 Å². The number of hydrogen-bond acceptors (Lipinski definition) is 8. The maximum absolute atomic E-state index is 11.6. The summed E-state index contributed by atoms with van der Waals surface area (Å²) in [5.41, 5.74) is -0.523. The van der Waals surface area contributed by atoms with Crippen LogP contribution in [0.2, 0.25) is 0 Å². The Hall–Kier alpha value is -3.10. The minimum absolute atomic E-state index is 0.00808. The van der Waals surface area contributed by atoms with Crippen LogP contribution in [0, 0.1) is 0 Å². The van der Waals surface area contributed by atoms with Crippen LogP contribution in [-0.2, 0) is 20.7 Å². The molecule has 1 aromatic heterocycles. The fraction of sp³-hybridized carbons (Fsp3) is 0.524. The van der Waals surface area contributed by atoms with Crippen molar-refractivity contribution in [2.45, 2.75) is 59.1 Å². The van der Waals surface area contributed by atoms with E-state index >= 15 is 0 Å². The molecule has 0 aliphatic heterocycles. The van der Waals surface area contributed by atoms with Gasteiger partial charge in [0.25, 0.3) is 0 Å². The van der Waals surface area contributed by atoms with E-state index in [1.165, 1.54) is 0 Å². The van der Waals surface area contributed by atoms with Gasteiger partial charge in [0.05, 0.1) is 10.9 Å². The standard InChI is InChI=1S/C21H29N3O6/c1-7-16-22-15-9-8-13(24-21(5,6)18(25)26)12-14(15)17(23-16)28-10-11-29-19(27)30-20(2,3)4/h8-9,12,24H,7,10-11H2,1-6H3,(H,25,26). The van der Waals surface area contributed by atoms with Crippen LogP contribution in [-0.4, -0.2) is 51.6 Å². The molecule has 1 aromatic carbocycles. The van der Waals surface area contributed by atoms with E-state index in [0.717, 1.165) is 0 Å². The lowest BCUT2D eigenvalue weighted by Gasteiger charge is -2.22. The Bertz CT molecular complexity index is 921. The van der Waals surface area contributed by atoms with Gasteiger partial charge in [-0.2, -0.15) is 4.98 Å². The third-order valence-corrected chi connectivity index (χ3v) is 3.95. The average molecular weight is 419 g/mol. The summed E-state index contributed by atoms with van der Waals surface area (Å²) < 4.78 is 15.8. The number of aromatic nitrogens is 2. The highest BCUT2D eigenvalue weighted by Gasteiger charge is 2.27. The van der Waals surface area contributed by atoms with Crippen molar-refractivity contribution >= 4 is 28.7 Å². The predicted molar refractivity (Wildman–Crippen MR) is 112 cm³/mol. The lowest BCUT2D eigenvalue weighted by Crippen LogP contribution is -2.39. The summed E-state index contributed by atoms with van der Waals surface area (Å²) in [6.45, 7) is 10.4. The van der Waals surface area contributed by atoms with Gasteiger partial charge in [0, 0.05) is 12.1 Å². The van der Waals surface area contributed by atoms with Crippen molar-refractivity contribution in [3.05, 3.63) is 24.0 Å². The minimum atomic E-state index is -1.15. The second-order valence-corrected chi connectivity index (χ2v) is 8.25. The molecule has 0 fully saturated rings. The third kappa shape index (κ3) is 6.47. The van der Waals surface area contributed by atoms with Crippen LogP contribution in [0.25, 0.3) is 10.9 Å². The van der Waals surface area contributed by atoms with Crippen LogP contribution in [0.1, 0.15) is 47.4 Å². The maximum Gasteiger partial charge on any atom is 0.508 e. The second-order valence-electron chi connectivity index (χ2n) is 8.25. The van der Waals surface area contributed by atoms with Gasteiger partial charge < -0.3 is 24.6 Å². The molecule has 9 nitrogen and oxygen atoms in total. The second kappa shape index (κ2) is 9.15. The molecule has 2 N–H and O–H groups in total. The Labute approximate surface area is 175 Å². The van der Waals surface area contributed by atoms with E-state index in [1.54, 1.807) is 52.8 Å². The lowest BCUT2D eigenvalue weighted by atomic mass is 10.1. The molecule has 0 aliphatic rings. The predicted octanol–water partition coefficient (Wildman–Crippen LogP) is 3.80. The van der Waals surface area contributed by atoms with Crippen molar-refractivity contribution in [1.29, 1.82) is 0 Å². The molecule has 0 amide bonds. The highest BCUT2D eigenvalue weighted by Crippen LogP contribution is 2.27. The van der Waals surface area contributed by atoms with Gasteiger partial charge >= 0.3 is 12.1 Å². The number of carbonyl (C=O) groups is 2. The van der Waals surface area contributed by atoms with Crippen LogP contribution >= 0.6 is 0 Å². The molecule has 2 aromatic rings. The molecule has 1 heterocycles. The smallest absolute Gasteiger partial charge is 0.480 e. The number of carbonyl (C=O) groups excluding carboxylic acids is 1. The van der Waals surface area contributed by atoms with E-state index in [-0.39, 0.29) is 13.2 Å². The maximum atomic E-state index is 11.6. The van der Waals surface area contributed by atoms with Gasteiger partial charge in [0.1, 0.15) is 30.2 Å². The molecule has 0 radical (unpaired) electrons. The van der Waals surface area contributed by atoms with Crippen LogP contribution < -0.4 is 10.1 Å². The number of aryl methyl sites for hydroxylation is 1. The summed E-state index contributed by atoms with van der Waals surface area (Å²) >= 11 is 0. The molecular formula is C21H29N3O6. The number of ether oxygens (including phenoxy) is 3. The number of fused-ring (bicyclic) bond motifs is 1. The van der Waals surface area contributed by atoms with Crippen LogP contribution in [0.15, 0.2) is 18.2 Å². The summed E-state index contributed by atoms with van der Waals surface area (Å²) in [5, 5.41) is 12.9. The number of nitrogens with one attached hydrogen (secondary N) is 1. The molecule has 0 aliphatic carbocycles. The molecule has 2 rings (SSSR count). The molecule has 0 atom stereocenters. The molecule has 0 unspecified atom stereocenters. The number of rotatable bonds is 8. The van der Waals surface area contributed by atoms with Crippen molar-refractivity contribution < 1.29 is 28.9 Å². The number of carboxylic acids is 1. The third-order valence-electron chi connectivity index (χ3n) is 3.95. The highest BCUT2D eigenvalue weighted by molar-refractivity contribution is 5.88. The van der Waals surface area contributed by atoms with E-state index in [2.05, 4.69) is 15.3 Å². The summed E-state index contributed by atoms with van der Waals surface area (Å²) in [6, 6.07) is 5.28. The number of aliphatic carboxylic acids is 1. The first-order chi connectivity index (χ1) is 13.9. The highest BCUT2D eigenvalue weighted by atomic mass is 16.7. The van der Waals surface area contributed by atoms with Gasteiger partial charge in [0.15, 0.2) is 0 Å². The van der Waals surface area contributed by atoms with Crippen molar-refractivity contribution in [2.75, 3.05) is 18.5 Å². The molecule has 0 saturated heterocycles. The van der Waals surface area contributed by atoms with Crippen LogP contribution in [0.4, 0.5) is 10.5 Å². The Morgan fingerprint density at radius 2 is 1.80 bits per heavy atom. The summed E-state index contributed by atoms with van der Waals surface area (Å²) in [4.78, 5) is 31.9. The molecule has 0 saturated carbocycles. The zero-order valence-corrected chi connectivity index (χ0v) is 18.2. The van der Waals surface area contributed by atoms with Gasteiger partial charge in [-0.05, 0) is 52.8 Å². The van der Waals surface area contributed by atoms with Crippen LogP contribution in [0.5, 0.6) is 5.88 Å². The minimum Gasteiger partial charge on any atom is -0.480 e. The lowest BCUT2D eigenvalue weighted by molar-refractivity contribution is -0.141.